The fourth-order valence-electron chi connectivity index (χ4n) is 2.02. The molecule has 27 heavy (non-hydrogen) atoms. The number of carboxylic acids is 1. The quantitative estimate of drug-likeness (QED) is 0.292. The Morgan fingerprint density at radius 2 is 1.85 bits per heavy atom. The second-order valence-electron chi connectivity index (χ2n) is 4.94. The molecular formula is C17H12F2NO6S-. The van der Waals surface area contributed by atoms with Crippen LogP contribution in [0.25, 0.3) is 6.08 Å². The van der Waals surface area contributed by atoms with Gasteiger partial charge in [-0.05, 0) is 35.9 Å². The van der Waals surface area contributed by atoms with Gasteiger partial charge in [0.2, 0.25) is 0 Å². The van der Waals surface area contributed by atoms with Crippen LogP contribution in [0.2, 0.25) is 0 Å². The van der Waals surface area contributed by atoms with E-state index in [9.17, 15) is 28.8 Å². The van der Waals surface area contributed by atoms with Gasteiger partial charge < -0.3 is 19.4 Å². The van der Waals surface area contributed by atoms with Gasteiger partial charge in [-0.25, -0.2) is 0 Å². The molecule has 0 N–H and O–H groups in total. The van der Waals surface area contributed by atoms with Crippen LogP contribution in [-0.2, 0) is 4.79 Å². The smallest absolute Gasteiger partial charge is 0.387 e. The number of ether oxygens (including phenoxy) is 2. The number of alkyl halides is 2. The Balaban J connectivity index is 2.31. The summed E-state index contributed by atoms with van der Waals surface area (Å²) in [4.78, 5) is 21.7. The number of non-ortho nitro benzene ring substituents is 1. The van der Waals surface area contributed by atoms with Crippen LogP contribution < -0.4 is 14.6 Å². The van der Waals surface area contributed by atoms with Crippen molar-refractivity contribution in [3.63, 3.8) is 0 Å². The lowest BCUT2D eigenvalue weighted by Crippen LogP contribution is -2.22. The minimum absolute atomic E-state index is 0.0606. The molecule has 2 aromatic rings. The molecular weight excluding hydrogens is 384 g/mol. The van der Waals surface area contributed by atoms with Gasteiger partial charge in [0.05, 0.1) is 18.0 Å². The highest BCUT2D eigenvalue weighted by molar-refractivity contribution is 8.04. The third kappa shape index (κ3) is 5.68. The van der Waals surface area contributed by atoms with E-state index in [-0.39, 0.29) is 27.7 Å². The zero-order chi connectivity index (χ0) is 20.0. The Labute approximate surface area is 156 Å². The number of aliphatic carboxylic acids is 1. The van der Waals surface area contributed by atoms with Gasteiger partial charge in [0.1, 0.15) is 0 Å². The number of rotatable bonds is 8. The van der Waals surface area contributed by atoms with E-state index in [0.717, 1.165) is 11.8 Å². The van der Waals surface area contributed by atoms with Crippen LogP contribution in [0, 0.1) is 10.1 Å². The maximum Gasteiger partial charge on any atom is 0.387 e. The number of carboxylic acid groups (broad SMARTS) is 1. The standard InChI is InChI=1S/C17H13F2NO6S/c1-25-13-7-2-10(8-14(13)26-17(18)19)9-15(16(21)22)27-12-5-3-11(4-6-12)20(23)24/h2-9,17H,1H3,(H,21,22)/p-1/b15-9+. The summed E-state index contributed by atoms with van der Waals surface area (Å²) in [5.74, 6) is -1.68. The molecule has 7 nitrogen and oxygen atoms in total. The molecule has 0 unspecified atom stereocenters. The van der Waals surface area contributed by atoms with E-state index in [1.807, 2.05) is 0 Å². The molecule has 0 atom stereocenters. The molecule has 0 bridgehead atoms. The zero-order valence-electron chi connectivity index (χ0n) is 13.8. The Morgan fingerprint density at radius 1 is 1.19 bits per heavy atom. The van der Waals surface area contributed by atoms with E-state index in [1.54, 1.807) is 0 Å². The zero-order valence-corrected chi connectivity index (χ0v) is 14.6. The molecule has 0 aromatic heterocycles. The van der Waals surface area contributed by atoms with E-state index in [0.29, 0.717) is 4.90 Å². The number of carbonyl (C=O) groups is 1. The van der Waals surface area contributed by atoms with Gasteiger partial charge in [-0.3, -0.25) is 10.1 Å². The monoisotopic (exact) mass is 396 g/mol. The molecule has 0 radical (unpaired) electrons. The summed E-state index contributed by atoms with van der Waals surface area (Å²) in [6, 6.07) is 9.25. The van der Waals surface area contributed by atoms with Gasteiger partial charge in [0, 0.05) is 21.9 Å². The second kappa shape index (κ2) is 8.99. The SMILES string of the molecule is COc1ccc(/C=C(/Sc2ccc([N+](=O)[O-])cc2)C(=O)[O-])cc1OC(F)F. The summed E-state index contributed by atoms with van der Waals surface area (Å²) >= 11 is 0.798. The van der Waals surface area contributed by atoms with Crippen LogP contribution in [0.5, 0.6) is 11.5 Å². The van der Waals surface area contributed by atoms with Crippen molar-refractivity contribution < 1.29 is 33.1 Å². The average Bonchev–Trinajstić information content (AvgIpc) is 2.61. The predicted molar refractivity (Wildman–Crippen MR) is 91.6 cm³/mol. The highest BCUT2D eigenvalue weighted by atomic mass is 32.2. The van der Waals surface area contributed by atoms with Crippen molar-refractivity contribution in [2.75, 3.05) is 7.11 Å². The summed E-state index contributed by atoms with van der Waals surface area (Å²) in [6.45, 7) is -3.08. The molecule has 0 heterocycles. The number of hydrogen-bond acceptors (Lipinski definition) is 7. The first kappa shape index (κ1) is 20.2. The van der Waals surface area contributed by atoms with Crippen molar-refractivity contribution in [2.24, 2.45) is 0 Å². The van der Waals surface area contributed by atoms with Crippen molar-refractivity contribution in [1.82, 2.24) is 0 Å². The molecule has 0 aliphatic heterocycles. The van der Waals surface area contributed by atoms with Crippen LogP contribution >= 0.6 is 11.8 Å². The molecule has 0 fully saturated rings. The number of nitro groups is 1. The highest BCUT2D eigenvalue weighted by Crippen LogP contribution is 2.33. The number of nitro benzene ring substituents is 1. The third-order valence-corrected chi connectivity index (χ3v) is 4.19. The van der Waals surface area contributed by atoms with Crippen molar-refractivity contribution >= 4 is 29.5 Å². The number of thioether (sulfide) groups is 1. The Hall–Kier alpha value is -3.14. The lowest BCUT2D eigenvalue weighted by Gasteiger charge is -2.12. The van der Waals surface area contributed by atoms with Crippen LogP contribution in [0.15, 0.2) is 52.3 Å². The Morgan fingerprint density at radius 3 is 2.37 bits per heavy atom. The molecule has 0 saturated carbocycles. The number of halogens is 2. The molecule has 2 aromatic carbocycles. The first-order chi connectivity index (χ1) is 12.8. The molecule has 0 aliphatic carbocycles. The minimum Gasteiger partial charge on any atom is -0.544 e. The van der Waals surface area contributed by atoms with Crippen LogP contribution in [-0.4, -0.2) is 24.6 Å². The lowest BCUT2D eigenvalue weighted by molar-refractivity contribution is -0.384. The van der Waals surface area contributed by atoms with Crippen LogP contribution in [0.1, 0.15) is 5.56 Å². The molecule has 10 heteroatoms. The van der Waals surface area contributed by atoms with Gasteiger partial charge in [-0.1, -0.05) is 17.8 Å². The summed E-state index contributed by atoms with van der Waals surface area (Å²) < 4.78 is 34.2. The second-order valence-corrected chi connectivity index (χ2v) is 6.05. The molecule has 0 spiro atoms. The normalized spacial score (nSPS) is 11.3. The van der Waals surface area contributed by atoms with E-state index in [2.05, 4.69) is 4.74 Å². The Kier molecular flexibility index (Phi) is 6.72. The molecule has 0 aliphatic rings. The third-order valence-electron chi connectivity index (χ3n) is 3.18. The number of hydrogen-bond donors (Lipinski definition) is 0. The number of nitrogens with zero attached hydrogens (tertiary/aromatic N) is 1. The summed E-state index contributed by atoms with van der Waals surface area (Å²) in [6.07, 6.45) is 1.21. The van der Waals surface area contributed by atoms with E-state index >= 15 is 0 Å². The van der Waals surface area contributed by atoms with Crippen molar-refractivity contribution in [2.45, 2.75) is 11.5 Å². The first-order valence-electron chi connectivity index (χ1n) is 7.28. The first-order valence-corrected chi connectivity index (χ1v) is 8.10. The van der Waals surface area contributed by atoms with E-state index in [4.69, 9.17) is 4.74 Å². The van der Waals surface area contributed by atoms with E-state index < -0.39 is 17.5 Å². The number of methoxy groups -OCH3 is 1. The molecule has 2 rings (SSSR count). The van der Waals surface area contributed by atoms with E-state index in [1.165, 1.54) is 55.7 Å². The van der Waals surface area contributed by atoms with Gasteiger partial charge >= 0.3 is 6.61 Å². The van der Waals surface area contributed by atoms with Gasteiger partial charge in [-0.15, -0.1) is 0 Å². The van der Waals surface area contributed by atoms with Crippen LogP contribution in [0.3, 0.4) is 0 Å². The predicted octanol–water partition coefficient (Wildman–Crippen LogP) is 3.09. The van der Waals surface area contributed by atoms with Crippen molar-refractivity contribution in [3.05, 3.63) is 63.0 Å². The summed E-state index contributed by atoms with van der Waals surface area (Å²) in [7, 11) is 1.28. The largest absolute Gasteiger partial charge is 0.544 e. The maximum atomic E-state index is 12.5. The summed E-state index contributed by atoms with van der Waals surface area (Å²) in [5.41, 5.74) is 0.127. The lowest BCUT2D eigenvalue weighted by atomic mass is 10.2. The average molecular weight is 396 g/mol. The number of carbonyl (C=O) groups excluding carboxylic acids is 1. The van der Waals surface area contributed by atoms with Crippen molar-refractivity contribution in [1.29, 1.82) is 0 Å². The fraction of sp³-hybridized carbons (Fsp3) is 0.118. The minimum atomic E-state index is -3.08. The van der Waals surface area contributed by atoms with Crippen molar-refractivity contribution in [3.8, 4) is 11.5 Å². The van der Waals surface area contributed by atoms with Gasteiger partial charge in [-0.2, -0.15) is 8.78 Å². The van der Waals surface area contributed by atoms with Gasteiger partial charge in [0.15, 0.2) is 11.5 Å². The maximum absolute atomic E-state index is 12.5. The summed E-state index contributed by atoms with van der Waals surface area (Å²) in [5, 5.41) is 22.0. The highest BCUT2D eigenvalue weighted by Gasteiger charge is 2.12. The topological polar surface area (TPSA) is 102 Å². The fourth-order valence-corrected chi connectivity index (χ4v) is 2.82. The van der Waals surface area contributed by atoms with Gasteiger partial charge in [0.25, 0.3) is 5.69 Å². The molecule has 0 amide bonds. The Bertz CT molecular complexity index is 870. The van der Waals surface area contributed by atoms with Crippen LogP contribution in [0.4, 0.5) is 14.5 Å². The molecule has 142 valence electrons. The number of benzene rings is 2. The molecule has 0 saturated heterocycles.